The molecule has 1 amide bonds. The minimum Gasteiger partial charge on any atom is -0.406 e. The van der Waals surface area contributed by atoms with Crippen molar-refractivity contribution in [2.24, 2.45) is 0 Å². The number of aromatic nitrogens is 1. The highest BCUT2D eigenvalue weighted by Crippen LogP contribution is 2.23. The third-order valence-corrected chi connectivity index (χ3v) is 5.84. The number of halogens is 3. The van der Waals surface area contributed by atoms with Crippen LogP contribution in [-0.2, 0) is 16.6 Å². The average molecular weight is 457 g/mol. The molecule has 0 atom stereocenters. The number of carbonyl (C=O) groups excluding carboxylic acids is 1. The Balaban J connectivity index is 1.62. The molecule has 0 saturated heterocycles. The van der Waals surface area contributed by atoms with Gasteiger partial charge in [0, 0.05) is 23.7 Å². The summed E-state index contributed by atoms with van der Waals surface area (Å²) in [4.78, 5) is 16.0. The van der Waals surface area contributed by atoms with Crippen LogP contribution >= 0.6 is 11.3 Å². The lowest BCUT2D eigenvalue weighted by Crippen LogP contribution is -2.23. The number of hydrogen-bond acceptors (Lipinski definition) is 6. The Kier molecular flexibility index (Phi) is 6.27. The van der Waals surface area contributed by atoms with Crippen LogP contribution in [0.1, 0.15) is 15.9 Å². The van der Waals surface area contributed by atoms with Crippen LogP contribution < -0.4 is 14.8 Å². The highest BCUT2D eigenvalue weighted by atomic mass is 32.2. The quantitative estimate of drug-likeness (QED) is 0.563. The molecule has 1 heterocycles. The van der Waals surface area contributed by atoms with Crippen molar-refractivity contribution in [1.82, 2.24) is 10.3 Å². The van der Waals surface area contributed by atoms with Gasteiger partial charge in [-0.2, -0.15) is 0 Å². The van der Waals surface area contributed by atoms with Crippen LogP contribution in [0.2, 0.25) is 0 Å². The molecule has 0 spiro atoms. The normalized spacial score (nSPS) is 11.7. The molecule has 0 aliphatic heterocycles. The number of nitrogens with zero attached hydrogens (tertiary/aromatic N) is 1. The van der Waals surface area contributed by atoms with E-state index in [-0.39, 0.29) is 22.1 Å². The molecule has 2 N–H and O–H groups in total. The minimum absolute atomic E-state index is 0.0421. The number of amides is 1. The SMILES string of the molecule is O=C(NCc1cccc(OC(F)(F)F)c1)c1ccc(S(=O)(=O)Nc2nccs2)cc1. The first-order valence-electron chi connectivity index (χ1n) is 8.28. The summed E-state index contributed by atoms with van der Waals surface area (Å²) in [5, 5.41) is 4.39. The van der Waals surface area contributed by atoms with E-state index in [2.05, 4.69) is 19.8 Å². The molecule has 3 rings (SSSR count). The topological polar surface area (TPSA) is 97.4 Å². The van der Waals surface area contributed by atoms with Crippen molar-refractivity contribution < 1.29 is 31.1 Å². The third kappa shape index (κ3) is 5.94. The second-order valence-electron chi connectivity index (χ2n) is 5.85. The second kappa shape index (κ2) is 8.71. The van der Waals surface area contributed by atoms with Gasteiger partial charge in [0.2, 0.25) is 0 Å². The summed E-state index contributed by atoms with van der Waals surface area (Å²) in [6.45, 7) is -0.0421. The molecule has 2 aromatic carbocycles. The van der Waals surface area contributed by atoms with Crippen molar-refractivity contribution in [1.29, 1.82) is 0 Å². The van der Waals surface area contributed by atoms with Gasteiger partial charge in [0.25, 0.3) is 15.9 Å². The van der Waals surface area contributed by atoms with E-state index >= 15 is 0 Å². The van der Waals surface area contributed by atoms with Gasteiger partial charge in [-0.15, -0.1) is 24.5 Å². The van der Waals surface area contributed by atoms with Gasteiger partial charge in [0.1, 0.15) is 5.75 Å². The van der Waals surface area contributed by atoms with Gasteiger partial charge in [-0.25, -0.2) is 13.4 Å². The van der Waals surface area contributed by atoms with Gasteiger partial charge >= 0.3 is 6.36 Å². The molecule has 0 unspecified atom stereocenters. The zero-order valence-electron chi connectivity index (χ0n) is 15.0. The molecule has 12 heteroatoms. The molecule has 0 saturated carbocycles. The maximum atomic E-state index is 12.3. The summed E-state index contributed by atoms with van der Waals surface area (Å²) >= 11 is 1.12. The van der Waals surface area contributed by atoms with Gasteiger partial charge < -0.3 is 10.1 Å². The van der Waals surface area contributed by atoms with E-state index in [0.717, 1.165) is 23.5 Å². The summed E-state index contributed by atoms with van der Waals surface area (Å²) in [5.74, 6) is -0.912. The summed E-state index contributed by atoms with van der Waals surface area (Å²) in [7, 11) is -3.84. The largest absolute Gasteiger partial charge is 0.573 e. The minimum atomic E-state index is -4.81. The summed E-state index contributed by atoms with van der Waals surface area (Å²) in [6.07, 6.45) is -3.35. The zero-order chi connectivity index (χ0) is 21.8. The van der Waals surface area contributed by atoms with Gasteiger partial charge in [-0.1, -0.05) is 12.1 Å². The summed E-state index contributed by atoms with van der Waals surface area (Å²) < 4.78 is 67.6. The molecule has 0 fully saturated rings. The monoisotopic (exact) mass is 457 g/mol. The van der Waals surface area contributed by atoms with Crippen molar-refractivity contribution in [2.75, 3.05) is 4.72 Å². The first-order chi connectivity index (χ1) is 14.1. The maximum absolute atomic E-state index is 12.3. The predicted molar refractivity (Wildman–Crippen MR) is 104 cm³/mol. The van der Waals surface area contributed by atoms with Gasteiger partial charge in [-0.3, -0.25) is 9.52 Å². The highest BCUT2D eigenvalue weighted by molar-refractivity contribution is 7.93. The van der Waals surface area contributed by atoms with E-state index in [4.69, 9.17) is 0 Å². The standard InChI is InChI=1S/C18H14F3N3O4S2/c19-18(20,21)28-14-3-1-2-12(10-14)11-23-16(25)13-4-6-15(7-5-13)30(26,27)24-17-22-8-9-29-17/h1-10H,11H2,(H,22,24)(H,23,25). The molecule has 0 aliphatic rings. The van der Waals surface area contributed by atoms with Crippen LogP contribution in [0, 0.1) is 0 Å². The molecule has 0 radical (unpaired) electrons. The number of nitrogens with one attached hydrogen (secondary N) is 2. The Morgan fingerprint density at radius 2 is 1.87 bits per heavy atom. The lowest BCUT2D eigenvalue weighted by atomic mass is 10.2. The van der Waals surface area contributed by atoms with E-state index in [9.17, 15) is 26.4 Å². The Morgan fingerprint density at radius 1 is 1.13 bits per heavy atom. The van der Waals surface area contributed by atoms with Crippen molar-refractivity contribution >= 4 is 32.4 Å². The van der Waals surface area contributed by atoms with Crippen LogP contribution in [0.3, 0.4) is 0 Å². The molecule has 1 aromatic heterocycles. The Bertz CT molecular complexity index is 1120. The summed E-state index contributed by atoms with van der Waals surface area (Å²) in [5.41, 5.74) is 0.586. The van der Waals surface area contributed by atoms with Crippen LogP contribution in [0.4, 0.5) is 18.3 Å². The van der Waals surface area contributed by atoms with Crippen molar-refractivity contribution in [3.05, 3.63) is 71.2 Å². The van der Waals surface area contributed by atoms with Crippen LogP contribution in [0.25, 0.3) is 0 Å². The fourth-order valence-electron chi connectivity index (χ4n) is 2.37. The molecule has 7 nitrogen and oxygen atoms in total. The van der Waals surface area contributed by atoms with Crippen molar-refractivity contribution in [3.63, 3.8) is 0 Å². The molecule has 3 aromatic rings. The third-order valence-electron chi connectivity index (χ3n) is 3.67. The summed E-state index contributed by atoms with van der Waals surface area (Å²) in [6, 6.07) is 10.4. The van der Waals surface area contributed by atoms with E-state index in [1.54, 1.807) is 5.38 Å². The van der Waals surface area contributed by atoms with E-state index in [1.165, 1.54) is 42.6 Å². The number of ether oxygens (including phenoxy) is 1. The number of alkyl halides is 3. The fraction of sp³-hybridized carbons (Fsp3) is 0.111. The number of anilines is 1. The fourth-order valence-corrected chi connectivity index (χ4v) is 4.16. The number of hydrogen-bond donors (Lipinski definition) is 2. The smallest absolute Gasteiger partial charge is 0.406 e. The van der Waals surface area contributed by atoms with Gasteiger partial charge in [0.15, 0.2) is 5.13 Å². The van der Waals surface area contributed by atoms with Crippen LogP contribution in [0.15, 0.2) is 65.0 Å². The maximum Gasteiger partial charge on any atom is 0.573 e. The molecule has 158 valence electrons. The first kappa shape index (κ1) is 21.6. The molecular weight excluding hydrogens is 443 g/mol. The molecule has 30 heavy (non-hydrogen) atoms. The van der Waals surface area contributed by atoms with Gasteiger partial charge in [-0.05, 0) is 42.0 Å². The second-order valence-corrected chi connectivity index (χ2v) is 8.42. The van der Waals surface area contributed by atoms with Crippen molar-refractivity contribution in [3.8, 4) is 5.75 Å². The van der Waals surface area contributed by atoms with Crippen LogP contribution in [0.5, 0.6) is 5.75 Å². The van der Waals surface area contributed by atoms with E-state index in [0.29, 0.717) is 5.56 Å². The Hall–Kier alpha value is -3.12. The lowest BCUT2D eigenvalue weighted by Gasteiger charge is -2.11. The Labute approximate surface area is 173 Å². The number of benzene rings is 2. The molecular formula is C18H14F3N3O4S2. The molecule has 0 bridgehead atoms. The first-order valence-corrected chi connectivity index (χ1v) is 10.6. The van der Waals surface area contributed by atoms with Crippen LogP contribution in [-0.4, -0.2) is 25.7 Å². The predicted octanol–water partition coefficient (Wildman–Crippen LogP) is 3.77. The van der Waals surface area contributed by atoms with Gasteiger partial charge in [0.05, 0.1) is 4.90 Å². The number of sulfonamides is 1. The van der Waals surface area contributed by atoms with E-state index < -0.39 is 28.0 Å². The zero-order valence-corrected chi connectivity index (χ0v) is 16.6. The van der Waals surface area contributed by atoms with Crippen molar-refractivity contribution in [2.45, 2.75) is 17.8 Å². The number of carbonyl (C=O) groups is 1. The number of thiazole rings is 1. The number of rotatable bonds is 7. The highest BCUT2D eigenvalue weighted by Gasteiger charge is 2.31. The van der Waals surface area contributed by atoms with E-state index in [1.807, 2.05) is 0 Å². The average Bonchev–Trinajstić information content (AvgIpc) is 3.17. The Morgan fingerprint density at radius 3 is 2.50 bits per heavy atom. The molecule has 0 aliphatic carbocycles. The lowest BCUT2D eigenvalue weighted by molar-refractivity contribution is -0.274.